The Bertz CT molecular complexity index is 344. The topological polar surface area (TPSA) is 72.9 Å². The molecule has 0 fully saturated rings. The van der Waals surface area contributed by atoms with Crippen LogP contribution in [0.15, 0.2) is 12.4 Å². The number of carbonyl (C=O) groups excluding carboxylic acids is 1. The zero-order chi connectivity index (χ0) is 12.1. The van der Waals surface area contributed by atoms with E-state index in [1.807, 2.05) is 10.8 Å². The van der Waals surface area contributed by atoms with Gasteiger partial charge in [-0.25, -0.2) is 4.98 Å². The van der Waals surface area contributed by atoms with Crippen LogP contribution in [-0.4, -0.2) is 21.5 Å². The molecule has 5 nitrogen and oxygen atoms in total. The molecule has 1 heterocycles. The Morgan fingerprint density at radius 1 is 1.56 bits per heavy atom. The SMILES string of the molecule is CC(C)Cn1ccnc1CNC(=O)C(C)N. The average Bonchev–Trinajstić information content (AvgIpc) is 2.60. The fraction of sp³-hybridized carbons (Fsp3) is 0.636. The van der Waals surface area contributed by atoms with Crippen LogP contribution in [0.1, 0.15) is 26.6 Å². The van der Waals surface area contributed by atoms with Gasteiger partial charge in [-0.2, -0.15) is 0 Å². The molecule has 0 aromatic carbocycles. The van der Waals surface area contributed by atoms with Crippen molar-refractivity contribution >= 4 is 5.91 Å². The molecule has 0 radical (unpaired) electrons. The lowest BCUT2D eigenvalue weighted by Gasteiger charge is -2.11. The predicted molar refractivity (Wildman–Crippen MR) is 62.6 cm³/mol. The van der Waals surface area contributed by atoms with Crippen LogP contribution < -0.4 is 11.1 Å². The molecule has 0 saturated carbocycles. The van der Waals surface area contributed by atoms with Crippen molar-refractivity contribution in [2.45, 2.75) is 39.9 Å². The number of hydrogen-bond donors (Lipinski definition) is 2. The van der Waals surface area contributed by atoms with Crippen LogP contribution in [0, 0.1) is 5.92 Å². The molecule has 0 bridgehead atoms. The molecule has 0 aliphatic rings. The minimum atomic E-state index is -0.478. The Morgan fingerprint density at radius 3 is 2.81 bits per heavy atom. The predicted octanol–water partition coefficient (Wildman–Crippen LogP) is 0.503. The van der Waals surface area contributed by atoms with E-state index < -0.39 is 6.04 Å². The highest BCUT2D eigenvalue weighted by molar-refractivity contribution is 5.80. The standard InChI is InChI=1S/C11H20N4O/c1-8(2)7-15-5-4-13-10(15)6-14-11(16)9(3)12/h4-5,8-9H,6-7,12H2,1-3H3,(H,14,16). The zero-order valence-corrected chi connectivity index (χ0v) is 10.1. The molecule has 1 aromatic heterocycles. The Balaban J connectivity index is 2.54. The summed E-state index contributed by atoms with van der Waals surface area (Å²) in [6, 6.07) is -0.478. The van der Waals surface area contributed by atoms with Crippen LogP contribution in [0.3, 0.4) is 0 Å². The minimum absolute atomic E-state index is 0.154. The maximum Gasteiger partial charge on any atom is 0.237 e. The first kappa shape index (κ1) is 12.7. The summed E-state index contributed by atoms with van der Waals surface area (Å²) in [6.07, 6.45) is 3.67. The van der Waals surface area contributed by atoms with E-state index in [2.05, 4.69) is 24.1 Å². The Labute approximate surface area is 96.0 Å². The summed E-state index contributed by atoms with van der Waals surface area (Å²) < 4.78 is 2.05. The molecule has 1 rings (SSSR count). The molecule has 1 unspecified atom stereocenters. The van der Waals surface area contributed by atoms with Crippen molar-refractivity contribution in [1.29, 1.82) is 0 Å². The summed E-state index contributed by atoms with van der Waals surface area (Å²) in [5, 5.41) is 2.75. The summed E-state index contributed by atoms with van der Waals surface area (Å²) in [4.78, 5) is 15.5. The second kappa shape index (κ2) is 5.65. The largest absolute Gasteiger partial charge is 0.348 e. The molecule has 0 aliphatic carbocycles. The second-order valence-electron chi connectivity index (χ2n) is 4.40. The molecular formula is C11H20N4O. The van der Waals surface area contributed by atoms with Crippen molar-refractivity contribution < 1.29 is 4.79 Å². The third-order valence-corrected chi connectivity index (χ3v) is 2.20. The van der Waals surface area contributed by atoms with Gasteiger partial charge < -0.3 is 15.6 Å². The average molecular weight is 224 g/mol. The Morgan fingerprint density at radius 2 is 2.25 bits per heavy atom. The molecule has 1 atom stereocenters. The zero-order valence-electron chi connectivity index (χ0n) is 10.1. The third-order valence-electron chi connectivity index (χ3n) is 2.20. The summed E-state index contributed by atoms with van der Waals surface area (Å²) >= 11 is 0. The number of amides is 1. The van der Waals surface area contributed by atoms with Crippen LogP contribution in [0.25, 0.3) is 0 Å². The molecule has 0 aliphatic heterocycles. The molecule has 1 aromatic rings. The quantitative estimate of drug-likeness (QED) is 0.765. The molecule has 16 heavy (non-hydrogen) atoms. The van der Waals surface area contributed by atoms with Gasteiger partial charge in [-0.05, 0) is 12.8 Å². The van der Waals surface area contributed by atoms with Gasteiger partial charge >= 0.3 is 0 Å². The van der Waals surface area contributed by atoms with E-state index in [0.717, 1.165) is 12.4 Å². The minimum Gasteiger partial charge on any atom is -0.348 e. The van der Waals surface area contributed by atoms with E-state index in [1.165, 1.54) is 0 Å². The first-order valence-corrected chi connectivity index (χ1v) is 5.54. The highest BCUT2D eigenvalue weighted by atomic mass is 16.2. The molecule has 3 N–H and O–H groups in total. The van der Waals surface area contributed by atoms with Gasteiger partial charge in [0.1, 0.15) is 5.82 Å². The number of nitrogens with two attached hydrogens (primary N) is 1. The highest BCUT2D eigenvalue weighted by Gasteiger charge is 2.09. The van der Waals surface area contributed by atoms with E-state index in [1.54, 1.807) is 13.1 Å². The van der Waals surface area contributed by atoms with Crippen molar-refractivity contribution in [1.82, 2.24) is 14.9 Å². The van der Waals surface area contributed by atoms with Crippen LogP contribution in [-0.2, 0) is 17.9 Å². The fourth-order valence-electron chi connectivity index (χ4n) is 1.39. The van der Waals surface area contributed by atoms with Crippen molar-refractivity contribution in [3.8, 4) is 0 Å². The van der Waals surface area contributed by atoms with E-state index in [4.69, 9.17) is 5.73 Å². The lowest BCUT2D eigenvalue weighted by Crippen LogP contribution is -2.38. The lowest BCUT2D eigenvalue weighted by atomic mass is 10.2. The number of rotatable bonds is 5. The highest BCUT2D eigenvalue weighted by Crippen LogP contribution is 2.03. The second-order valence-corrected chi connectivity index (χ2v) is 4.40. The van der Waals surface area contributed by atoms with Gasteiger partial charge in [0.25, 0.3) is 0 Å². The molecule has 90 valence electrons. The molecule has 0 spiro atoms. The summed E-state index contributed by atoms with van der Waals surface area (Å²) in [7, 11) is 0. The van der Waals surface area contributed by atoms with E-state index in [0.29, 0.717) is 12.5 Å². The Kier molecular flexibility index (Phi) is 4.49. The number of imidazole rings is 1. The van der Waals surface area contributed by atoms with Gasteiger partial charge in [-0.3, -0.25) is 4.79 Å². The summed E-state index contributed by atoms with van der Waals surface area (Å²) in [6.45, 7) is 7.29. The third kappa shape index (κ3) is 3.66. The molecular weight excluding hydrogens is 204 g/mol. The van der Waals surface area contributed by atoms with E-state index in [-0.39, 0.29) is 5.91 Å². The fourth-order valence-corrected chi connectivity index (χ4v) is 1.39. The molecule has 5 heteroatoms. The van der Waals surface area contributed by atoms with Gasteiger partial charge in [0.15, 0.2) is 0 Å². The Hall–Kier alpha value is -1.36. The first-order chi connectivity index (χ1) is 7.50. The van der Waals surface area contributed by atoms with Crippen molar-refractivity contribution in [3.63, 3.8) is 0 Å². The normalized spacial score (nSPS) is 12.8. The molecule has 1 amide bonds. The van der Waals surface area contributed by atoms with Gasteiger partial charge in [0.2, 0.25) is 5.91 Å². The van der Waals surface area contributed by atoms with Gasteiger partial charge in [-0.15, -0.1) is 0 Å². The van der Waals surface area contributed by atoms with E-state index in [9.17, 15) is 4.79 Å². The van der Waals surface area contributed by atoms with Crippen LogP contribution >= 0.6 is 0 Å². The number of nitrogens with zero attached hydrogens (tertiary/aromatic N) is 2. The number of carbonyl (C=O) groups is 1. The molecule has 0 saturated heterocycles. The van der Waals surface area contributed by atoms with Crippen LogP contribution in [0.5, 0.6) is 0 Å². The number of nitrogens with one attached hydrogen (secondary N) is 1. The van der Waals surface area contributed by atoms with Crippen LogP contribution in [0.2, 0.25) is 0 Å². The van der Waals surface area contributed by atoms with Gasteiger partial charge in [0, 0.05) is 18.9 Å². The van der Waals surface area contributed by atoms with Crippen molar-refractivity contribution in [2.24, 2.45) is 11.7 Å². The summed E-state index contributed by atoms with van der Waals surface area (Å²) in [5.41, 5.74) is 5.45. The van der Waals surface area contributed by atoms with Crippen LogP contribution in [0.4, 0.5) is 0 Å². The van der Waals surface area contributed by atoms with Gasteiger partial charge in [0.05, 0.1) is 12.6 Å². The first-order valence-electron chi connectivity index (χ1n) is 5.54. The van der Waals surface area contributed by atoms with Crippen molar-refractivity contribution in [3.05, 3.63) is 18.2 Å². The van der Waals surface area contributed by atoms with Gasteiger partial charge in [-0.1, -0.05) is 13.8 Å². The maximum absolute atomic E-state index is 11.3. The lowest BCUT2D eigenvalue weighted by molar-refractivity contribution is -0.122. The number of hydrogen-bond acceptors (Lipinski definition) is 3. The smallest absolute Gasteiger partial charge is 0.237 e. The number of aromatic nitrogens is 2. The van der Waals surface area contributed by atoms with Crippen molar-refractivity contribution in [2.75, 3.05) is 0 Å². The monoisotopic (exact) mass is 224 g/mol. The maximum atomic E-state index is 11.3. The summed E-state index contributed by atoms with van der Waals surface area (Å²) in [5.74, 6) is 1.26. The van der Waals surface area contributed by atoms with E-state index >= 15 is 0 Å².